The Morgan fingerprint density at radius 1 is 1.20 bits per heavy atom. The van der Waals surface area contributed by atoms with Crippen molar-refractivity contribution in [2.45, 2.75) is 0 Å². The Bertz CT molecular complexity index is 443. The number of halogens is 2. The van der Waals surface area contributed by atoms with Crippen LogP contribution in [0, 0.1) is 0 Å². The number of fused-ring (bicyclic) bond motifs is 1. The quantitative estimate of drug-likeness (QED) is 0.480. The number of quaternary nitrogens is 1. The molecule has 2 rings (SSSR count). The molecule has 3 nitrogen and oxygen atoms in total. The van der Waals surface area contributed by atoms with Gasteiger partial charge in [0, 0.05) is 10.5 Å². The molecule has 0 aromatic heterocycles. The summed E-state index contributed by atoms with van der Waals surface area (Å²) in [4.78, 5) is 0. The minimum atomic E-state index is -0.0301. The van der Waals surface area contributed by atoms with Crippen LogP contribution in [-0.4, -0.2) is 24.3 Å². The molecule has 0 atom stereocenters. The molecule has 1 aromatic carbocycles. The summed E-state index contributed by atoms with van der Waals surface area (Å²) in [6.45, 7) is 0. The van der Waals surface area contributed by atoms with Crippen molar-refractivity contribution < 1.29 is 34.2 Å². The van der Waals surface area contributed by atoms with E-state index in [1.165, 1.54) is 0 Å². The van der Waals surface area contributed by atoms with Crippen molar-refractivity contribution in [2.75, 3.05) is 14.1 Å². The zero-order chi connectivity index (χ0) is 10.5. The van der Waals surface area contributed by atoms with Crippen LogP contribution in [0.25, 0.3) is 5.76 Å². The molecule has 0 bridgehead atoms. The summed E-state index contributed by atoms with van der Waals surface area (Å²) in [6.07, 6.45) is 0. The Hall–Kier alpha value is -0.270. The van der Waals surface area contributed by atoms with Crippen LogP contribution in [0.5, 0.6) is 0 Å². The second-order valence-corrected chi connectivity index (χ2v) is 4.70. The van der Waals surface area contributed by atoms with Gasteiger partial charge in [0.15, 0.2) is 5.69 Å². The fraction of sp³-hybridized carbons (Fsp3) is 0.200. The number of rotatable bonds is 0. The van der Waals surface area contributed by atoms with E-state index in [0.717, 1.165) is 10.2 Å². The van der Waals surface area contributed by atoms with Crippen LogP contribution in [0.1, 0.15) is 5.56 Å². The Kier molecular flexibility index (Phi) is 3.37. The van der Waals surface area contributed by atoms with E-state index >= 15 is 0 Å². The lowest BCUT2D eigenvalue weighted by atomic mass is 10.2. The molecule has 1 aliphatic heterocycles. The van der Waals surface area contributed by atoms with Gasteiger partial charge in [-0.3, -0.25) is 0 Å². The van der Waals surface area contributed by atoms with E-state index < -0.39 is 0 Å². The van der Waals surface area contributed by atoms with E-state index in [0.29, 0.717) is 5.56 Å². The lowest BCUT2D eigenvalue weighted by molar-refractivity contribution is -0.00000450. The van der Waals surface area contributed by atoms with Crippen molar-refractivity contribution in [3.05, 3.63) is 34.1 Å². The highest BCUT2D eigenvalue weighted by Gasteiger charge is 2.40. The van der Waals surface area contributed by atoms with Crippen LogP contribution >= 0.6 is 15.9 Å². The van der Waals surface area contributed by atoms with Gasteiger partial charge in [0.05, 0.1) is 19.7 Å². The molecule has 15 heavy (non-hydrogen) atoms. The summed E-state index contributed by atoms with van der Waals surface area (Å²) in [6, 6.07) is 5.53. The second-order valence-electron chi connectivity index (χ2n) is 3.79. The van der Waals surface area contributed by atoms with Crippen molar-refractivity contribution in [3.8, 4) is 0 Å². The topological polar surface area (TPSA) is 40.5 Å². The Labute approximate surface area is 114 Å². The zero-order valence-corrected chi connectivity index (χ0v) is 12.1. The van der Waals surface area contributed by atoms with Gasteiger partial charge in [-0.1, -0.05) is 15.9 Å². The second kappa shape index (κ2) is 3.95. The minimum absolute atomic E-state index is 0. The summed E-state index contributed by atoms with van der Waals surface area (Å²) in [7, 11) is 3.65. The van der Waals surface area contributed by atoms with Gasteiger partial charge in [-0.05, 0) is 12.1 Å². The molecule has 0 amide bonds. The van der Waals surface area contributed by atoms with Gasteiger partial charge in [-0.2, -0.15) is 0 Å². The largest absolute Gasteiger partial charge is 1.00 e. The van der Waals surface area contributed by atoms with Crippen molar-refractivity contribution in [2.24, 2.45) is 0 Å². The van der Waals surface area contributed by atoms with Crippen molar-refractivity contribution >= 4 is 27.4 Å². The molecule has 1 heterocycles. The Morgan fingerprint density at radius 3 is 2.40 bits per heavy atom. The average Bonchev–Trinajstić information content (AvgIpc) is 2.29. The number of benzene rings is 1. The van der Waals surface area contributed by atoms with Crippen LogP contribution in [0.3, 0.4) is 0 Å². The van der Waals surface area contributed by atoms with Gasteiger partial charge in [-0.25, -0.2) is 4.48 Å². The van der Waals surface area contributed by atoms with Crippen molar-refractivity contribution in [1.29, 1.82) is 0 Å². The third-order valence-corrected chi connectivity index (χ3v) is 3.05. The fourth-order valence-corrected chi connectivity index (χ4v) is 2.02. The molecule has 1 aromatic rings. The first-order chi connectivity index (χ1) is 6.44. The first kappa shape index (κ1) is 12.8. The summed E-state index contributed by atoms with van der Waals surface area (Å²) in [5, 5.41) is 19.4. The van der Waals surface area contributed by atoms with E-state index in [1.54, 1.807) is 6.07 Å². The number of nitrogens with zero attached hydrogens (tertiary/aromatic N) is 1. The molecular weight excluding hydrogens is 373 g/mol. The lowest BCUT2D eigenvalue weighted by Crippen LogP contribution is -3.00. The van der Waals surface area contributed by atoms with Gasteiger partial charge >= 0.3 is 5.88 Å². The molecule has 0 radical (unpaired) electrons. The van der Waals surface area contributed by atoms with E-state index in [9.17, 15) is 10.2 Å². The summed E-state index contributed by atoms with van der Waals surface area (Å²) in [5.41, 5.74) is 1.57. The molecule has 0 fully saturated rings. The average molecular weight is 384 g/mol. The van der Waals surface area contributed by atoms with Crippen molar-refractivity contribution in [1.82, 2.24) is 4.48 Å². The molecule has 82 valence electrons. The minimum Gasteiger partial charge on any atom is -1.00 e. The van der Waals surface area contributed by atoms with Gasteiger partial charge in [-0.15, -0.1) is 0 Å². The highest BCUT2D eigenvalue weighted by molar-refractivity contribution is 9.10. The van der Waals surface area contributed by atoms with Crippen LogP contribution in [-0.2, 0) is 0 Å². The van der Waals surface area contributed by atoms with E-state index in [4.69, 9.17) is 0 Å². The molecule has 0 saturated carbocycles. The highest BCUT2D eigenvalue weighted by atomic mass is 127. The van der Waals surface area contributed by atoms with Gasteiger partial charge < -0.3 is 34.2 Å². The van der Waals surface area contributed by atoms with Crippen LogP contribution in [0.15, 0.2) is 28.6 Å². The van der Waals surface area contributed by atoms with Crippen LogP contribution in [0.2, 0.25) is 0 Å². The van der Waals surface area contributed by atoms with Crippen molar-refractivity contribution in [3.63, 3.8) is 0 Å². The molecule has 0 unspecified atom stereocenters. The summed E-state index contributed by atoms with van der Waals surface area (Å²) < 4.78 is 1.12. The first-order valence-corrected chi connectivity index (χ1v) is 5.01. The molecule has 2 N–H and O–H groups in total. The predicted octanol–water partition coefficient (Wildman–Crippen LogP) is -0.224. The third kappa shape index (κ3) is 1.76. The van der Waals surface area contributed by atoms with Gasteiger partial charge in [0.25, 0.3) is 0 Å². The SMILES string of the molecule is C[N+]1(C)C(O)=C(O)c2ccc(Br)cc21.[I-]. The van der Waals surface area contributed by atoms with Gasteiger partial charge in [0.1, 0.15) is 0 Å². The number of aliphatic hydroxyl groups is 2. The summed E-state index contributed by atoms with van der Waals surface area (Å²) >= 11 is 3.36. The summed E-state index contributed by atoms with van der Waals surface area (Å²) in [5.74, 6) is -0.0457. The number of hydrogen-bond acceptors (Lipinski definition) is 2. The van der Waals surface area contributed by atoms with Gasteiger partial charge in [0.2, 0.25) is 5.76 Å². The number of hydrogen-bond donors (Lipinski definition) is 2. The maximum Gasteiger partial charge on any atom is 0.338 e. The Balaban J connectivity index is 0.00000112. The van der Waals surface area contributed by atoms with E-state index in [2.05, 4.69) is 15.9 Å². The highest BCUT2D eigenvalue weighted by Crippen LogP contribution is 2.41. The normalized spacial score (nSPS) is 17.3. The van der Waals surface area contributed by atoms with Crippen LogP contribution < -0.4 is 28.5 Å². The number of aliphatic hydroxyl groups excluding tert-OH is 2. The van der Waals surface area contributed by atoms with E-state index in [-0.39, 0.29) is 40.1 Å². The Morgan fingerprint density at radius 2 is 1.80 bits per heavy atom. The monoisotopic (exact) mass is 383 g/mol. The van der Waals surface area contributed by atoms with Crippen LogP contribution in [0.4, 0.5) is 5.69 Å². The maximum absolute atomic E-state index is 9.72. The standard InChI is InChI=1S/C10H10BrNO2.HI/c1-12(2)8-5-6(11)3-4-7(8)9(13)10(12)14;/h3-5H,1-2H3,(H-,13,14);1H. The molecule has 0 saturated heterocycles. The zero-order valence-electron chi connectivity index (χ0n) is 8.33. The molecule has 1 aliphatic rings. The molecule has 0 aliphatic carbocycles. The lowest BCUT2D eigenvalue weighted by Gasteiger charge is -2.22. The first-order valence-electron chi connectivity index (χ1n) is 4.22. The molecule has 5 heteroatoms. The predicted molar refractivity (Wildman–Crippen MR) is 60.0 cm³/mol. The maximum atomic E-state index is 9.72. The molecular formula is C10H11BrINO2. The fourth-order valence-electron chi connectivity index (χ4n) is 1.67. The van der Waals surface area contributed by atoms with E-state index in [1.807, 2.05) is 26.2 Å². The smallest absolute Gasteiger partial charge is 0.338 e. The third-order valence-electron chi connectivity index (χ3n) is 2.56. The molecule has 0 spiro atoms.